The van der Waals surface area contributed by atoms with Crippen molar-refractivity contribution >= 4 is 11.7 Å². The molecule has 1 unspecified atom stereocenters. The molecule has 7 nitrogen and oxygen atoms in total. The molecule has 0 N–H and O–H groups in total. The predicted molar refractivity (Wildman–Crippen MR) is 103 cm³/mol. The molecule has 1 aliphatic heterocycles. The first kappa shape index (κ1) is 18.9. The maximum Gasteiger partial charge on any atom is 0.233 e. The van der Waals surface area contributed by atoms with E-state index >= 15 is 0 Å². The van der Waals surface area contributed by atoms with E-state index in [1.54, 1.807) is 0 Å². The molecule has 0 bridgehead atoms. The van der Waals surface area contributed by atoms with Gasteiger partial charge in [0.1, 0.15) is 11.9 Å². The molecule has 1 aromatic heterocycles. The van der Waals surface area contributed by atoms with Crippen LogP contribution in [0.25, 0.3) is 0 Å². The number of ether oxygens (including phenoxy) is 2. The average Bonchev–Trinajstić information content (AvgIpc) is 3.13. The minimum absolute atomic E-state index is 0.0474. The highest BCUT2D eigenvalue weighted by Gasteiger charge is 2.28. The van der Waals surface area contributed by atoms with Crippen LogP contribution < -0.4 is 14.4 Å². The molecule has 1 aromatic carbocycles. The van der Waals surface area contributed by atoms with Crippen LogP contribution in [0.4, 0.5) is 5.82 Å². The molecule has 3 rings (SSSR count). The van der Waals surface area contributed by atoms with Crippen LogP contribution in [-0.2, 0) is 11.2 Å². The van der Waals surface area contributed by atoms with Crippen LogP contribution in [0.2, 0.25) is 0 Å². The van der Waals surface area contributed by atoms with E-state index in [1.807, 2.05) is 67.2 Å². The number of anilines is 1. The summed E-state index contributed by atoms with van der Waals surface area (Å²) in [6.07, 6.45) is 1.14. The first-order valence-corrected chi connectivity index (χ1v) is 9.22. The molecule has 27 heavy (non-hydrogen) atoms. The van der Waals surface area contributed by atoms with Crippen LogP contribution in [0, 0.1) is 0 Å². The van der Waals surface area contributed by atoms with Crippen LogP contribution >= 0.6 is 0 Å². The van der Waals surface area contributed by atoms with Crippen molar-refractivity contribution < 1.29 is 14.3 Å². The van der Waals surface area contributed by atoms with Gasteiger partial charge in [0, 0.05) is 33.1 Å². The Labute approximate surface area is 159 Å². The normalized spacial score (nSPS) is 16.3. The maximum absolute atomic E-state index is 12.5. The average molecular weight is 370 g/mol. The van der Waals surface area contributed by atoms with E-state index in [1.165, 1.54) is 0 Å². The Balaban J connectivity index is 1.50. The second-order valence-electron chi connectivity index (χ2n) is 6.75. The Morgan fingerprint density at radius 3 is 2.59 bits per heavy atom. The van der Waals surface area contributed by atoms with Gasteiger partial charge in [-0.2, -0.15) is 0 Å². The van der Waals surface area contributed by atoms with Gasteiger partial charge in [0.25, 0.3) is 0 Å². The van der Waals surface area contributed by atoms with Crippen molar-refractivity contribution in [3.05, 3.63) is 42.0 Å². The molecule has 0 radical (unpaired) electrons. The molecule has 2 aromatic rings. The van der Waals surface area contributed by atoms with Crippen LogP contribution in [0.3, 0.4) is 0 Å². The SMILES string of the molecule is CCOc1ccc(CC(=O)N2CCC(Oc3ccc(N(C)C)nn3)C2)cc1. The van der Waals surface area contributed by atoms with Gasteiger partial charge in [0.05, 0.1) is 19.6 Å². The molecule has 1 atom stereocenters. The van der Waals surface area contributed by atoms with Crippen molar-refractivity contribution in [3.8, 4) is 11.6 Å². The van der Waals surface area contributed by atoms with E-state index in [0.29, 0.717) is 32.0 Å². The van der Waals surface area contributed by atoms with Crippen LogP contribution in [0.15, 0.2) is 36.4 Å². The standard InChI is InChI=1S/C20H26N4O3/c1-4-26-16-7-5-15(6-8-16)13-20(25)24-12-11-17(14-24)27-19-10-9-18(21-22-19)23(2)3/h5-10,17H,4,11-14H2,1-3H3. The van der Waals surface area contributed by atoms with Gasteiger partial charge in [-0.05, 0) is 30.7 Å². The van der Waals surface area contributed by atoms with Gasteiger partial charge in [-0.25, -0.2) is 0 Å². The van der Waals surface area contributed by atoms with Crippen molar-refractivity contribution in [1.29, 1.82) is 0 Å². The zero-order valence-electron chi connectivity index (χ0n) is 16.1. The second-order valence-corrected chi connectivity index (χ2v) is 6.75. The Hall–Kier alpha value is -2.83. The molecule has 1 aliphatic rings. The van der Waals surface area contributed by atoms with E-state index in [0.717, 1.165) is 23.6 Å². The minimum Gasteiger partial charge on any atom is -0.494 e. The van der Waals surface area contributed by atoms with E-state index < -0.39 is 0 Å². The van der Waals surface area contributed by atoms with Gasteiger partial charge < -0.3 is 19.3 Å². The largest absolute Gasteiger partial charge is 0.494 e. The minimum atomic E-state index is -0.0474. The highest BCUT2D eigenvalue weighted by Crippen LogP contribution is 2.19. The van der Waals surface area contributed by atoms with E-state index in [9.17, 15) is 4.79 Å². The fraction of sp³-hybridized carbons (Fsp3) is 0.450. The summed E-state index contributed by atoms with van der Waals surface area (Å²) in [6, 6.07) is 11.4. The fourth-order valence-corrected chi connectivity index (χ4v) is 2.99. The topological polar surface area (TPSA) is 67.8 Å². The first-order chi connectivity index (χ1) is 13.0. The zero-order valence-corrected chi connectivity index (χ0v) is 16.1. The van der Waals surface area contributed by atoms with Crippen molar-refractivity contribution in [2.75, 3.05) is 38.7 Å². The molecule has 0 spiro atoms. The smallest absolute Gasteiger partial charge is 0.233 e. The lowest BCUT2D eigenvalue weighted by Gasteiger charge is -2.17. The van der Waals surface area contributed by atoms with Crippen LogP contribution in [0.5, 0.6) is 11.6 Å². The third-order valence-electron chi connectivity index (χ3n) is 4.46. The van der Waals surface area contributed by atoms with Crippen molar-refractivity contribution in [1.82, 2.24) is 15.1 Å². The molecular weight excluding hydrogens is 344 g/mol. The predicted octanol–water partition coefficient (Wildman–Crippen LogP) is 2.16. The van der Waals surface area contributed by atoms with E-state index in [-0.39, 0.29) is 12.0 Å². The Morgan fingerprint density at radius 1 is 1.19 bits per heavy atom. The number of hydrogen-bond donors (Lipinski definition) is 0. The molecule has 1 amide bonds. The van der Waals surface area contributed by atoms with Gasteiger partial charge in [0.15, 0.2) is 5.82 Å². The quantitative estimate of drug-likeness (QED) is 0.744. The van der Waals surface area contributed by atoms with Gasteiger partial charge in [-0.15, -0.1) is 10.2 Å². The summed E-state index contributed by atoms with van der Waals surface area (Å²) >= 11 is 0. The summed E-state index contributed by atoms with van der Waals surface area (Å²) in [6.45, 7) is 3.86. The van der Waals surface area contributed by atoms with E-state index in [2.05, 4.69) is 10.2 Å². The van der Waals surface area contributed by atoms with Crippen LogP contribution in [-0.4, -0.2) is 60.9 Å². The third-order valence-corrected chi connectivity index (χ3v) is 4.46. The number of likely N-dealkylation sites (tertiary alicyclic amines) is 1. The summed E-state index contributed by atoms with van der Waals surface area (Å²) in [7, 11) is 3.82. The number of carbonyl (C=O) groups excluding carboxylic acids is 1. The van der Waals surface area contributed by atoms with Gasteiger partial charge in [-0.3, -0.25) is 4.79 Å². The number of carbonyl (C=O) groups is 1. The van der Waals surface area contributed by atoms with E-state index in [4.69, 9.17) is 9.47 Å². The monoisotopic (exact) mass is 370 g/mol. The van der Waals surface area contributed by atoms with Crippen molar-refractivity contribution in [2.24, 2.45) is 0 Å². The Bertz CT molecular complexity index is 747. The number of aromatic nitrogens is 2. The number of nitrogens with zero attached hydrogens (tertiary/aromatic N) is 4. The molecule has 1 fully saturated rings. The zero-order chi connectivity index (χ0) is 19.2. The highest BCUT2D eigenvalue weighted by molar-refractivity contribution is 5.79. The summed E-state index contributed by atoms with van der Waals surface area (Å²) in [4.78, 5) is 16.3. The Morgan fingerprint density at radius 2 is 1.96 bits per heavy atom. The molecule has 0 saturated carbocycles. The number of hydrogen-bond acceptors (Lipinski definition) is 6. The van der Waals surface area contributed by atoms with Gasteiger partial charge >= 0.3 is 0 Å². The second kappa shape index (κ2) is 8.70. The fourth-order valence-electron chi connectivity index (χ4n) is 2.99. The molecular formula is C20H26N4O3. The molecule has 7 heteroatoms. The number of rotatable bonds is 7. The summed E-state index contributed by atoms with van der Waals surface area (Å²) in [5.41, 5.74) is 0.984. The van der Waals surface area contributed by atoms with Crippen molar-refractivity contribution in [2.45, 2.75) is 25.9 Å². The summed E-state index contributed by atoms with van der Waals surface area (Å²) < 4.78 is 11.3. The molecule has 1 saturated heterocycles. The Kier molecular flexibility index (Phi) is 6.11. The highest BCUT2D eigenvalue weighted by atomic mass is 16.5. The van der Waals surface area contributed by atoms with Crippen LogP contribution in [0.1, 0.15) is 18.9 Å². The first-order valence-electron chi connectivity index (χ1n) is 9.22. The molecule has 144 valence electrons. The lowest BCUT2D eigenvalue weighted by Crippen LogP contribution is -2.32. The summed E-state index contributed by atoms with van der Waals surface area (Å²) in [5.74, 6) is 2.20. The van der Waals surface area contributed by atoms with Crippen molar-refractivity contribution in [3.63, 3.8) is 0 Å². The number of amides is 1. The lowest BCUT2D eigenvalue weighted by molar-refractivity contribution is -0.129. The van der Waals surface area contributed by atoms with Gasteiger partial charge in [-0.1, -0.05) is 12.1 Å². The third kappa shape index (κ3) is 5.09. The molecule has 0 aliphatic carbocycles. The lowest BCUT2D eigenvalue weighted by atomic mass is 10.1. The maximum atomic E-state index is 12.5. The molecule has 2 heterocycles. The number of benzene rings is 1. The summed E-state index contributed by atoms with van der Waals surface area (Å²) in [5, 5.41) is 8.21. The van der Waals surface area contributed by atoms with Gasteiger partial charge in [0.2, 0.25) is 11.8 Å².